The van der Waals surface area contributed by atoms with Crippen LogP contribution in [0.15, 0.2) is 18.2 Å². The number of methoxy groups -OCH3 is 1. The van der Waals surface area contributed by atoms with E-state index < -0.39 is 0 Å². The van der Waals surface area contributed by atoms with Crippen molar-refractivity contribution in [2.75, 3.05) is 19.5 Å². The molecule has 2 N–H and O–H groups in total. The van der Waals surface area contributed by atoms with Crippen molar-refractivity contribution < 1.29 is 4.74 Å². The normalized spacial score (nSPS) is 9.36. The molecule has 0 amide bonds. The number of benzene rings is 1. The molecule has 0 atom stereocenters. The first kappa shape index (κ1) is 11.1. The zero-order chi connectivity index (χ0) is 10.6. The molecule has 76 valence electrons. The molecule has 1 aromatic rings. The molecule has 0 aromatic heterocycles. The Morgan fingerprint density at radius 3 is 2.79 bits per heavy atom. The molecule has 0 spiro atoms. The first-order chi connectivity index (χ1) is 6.67. The molecular formula is C9H11ClN2OS. The third kappa shape index (κ3) is 2.75. The molecule has 1 aromatic carbocycles. The third-order valence-electron chi connectivity index (χ3n) is 1.64. The average molecular weight is 231 g/mol. The van der Waals surface area contributed by atoms with Crippen LogP contribution < -0.4 is 15.4 Å². The fourth-order valence-corrected chi connectivity index (χ4v) is 1.24. The van der Waals surface area contributed by atoms with Crippen LogP contribution in [0.4, 0.5) is 5.69 Å². The second-order valence-electron chi connectivity index (χ2n) is 2.55. The summed E-state index contributed by atoms with van der Waals surface area (Å²) in [5.41, 5.74) is 0.749. The van der Waals surface area contributed by atoms with Gasteiger partial charge in [-0.25, -0.2) is 0 Å². The van der Waals surface area contributed by atoms with Gasteiger partial charge >= 0.3 is 0 Å². The summed E-state index contributed by atoms with van der Waals surface area (Å²) < 4.78 is 5.14. The summed E-state index contributed by atoms with van der Waals surface area (Å²) in [5, 5.41) is 6.92. The van der Waals surface area contributed by atoms with Gasteiger partial charge in [-0.2, -0.15) is 0 Å². The van der Waals surface area contributed by atoms with Gasteiger partial charge in [-0.3, -0.25) is 0 Å². The van der Waals surface area contributed by atoms with Gasteiger partial charge < -0.3 is 15.4 Å². The second kappa shape index (κ2) is 5.02. The first-order valence-corrected chi connectivity index (χ1v) is 4.78. The number of anilines is 1. The Hall–Kier alpha value is -1.00. The van der Waals surface area contributed by atoms with E-state index in [2.05, 4.69) is 10.6 Å². The van der Waals surface area contributed by atoms with Crippen molar-refractivity contribution in [3.05, 3.63) is 23.2 Å². The highest BCUT2D eigenvalue weighted by molar-refractivity contribution is 7.80. The Kier molecular flexibility index (Phi) is 3.98. The number of hydrogen-bond donors (Lipinski definition) is 2. The van der Waals surface area contributed by atoms with E-state index in [1.807, 2.05) is 0 Å². The molecule has 0 unspecified atom stereocenters. The van der Waals surface area contributed by atoms with E-state index in [1.54, 1.807) is 32.4 Å². The van der Waals surface area contributed by atoms with Crippen LogP contribution in [0.2, 0.25) is 5.02 Å². The van der Waals surface area contributed by atoms with Crippen molar-refractivity contribution in [1.29, 1.82) is 0 Å². The number of rotatable bonds is 2. The molecular weight excluding hydrogens is 220 g/mol. The van der Waals surface area contributed by atoms with Crippen LogP contribution >= 0.6 is 23.8 Å². The van der Waals surface area contributed by atoms with Gasteiger partial charge in [0.05, 0.1) is 12.8 Å². The van der Waals surface area contributed by atoms with E-state index in [4.69, 9.17) is 28.6 Å². The third-order valence-corrected chi connectivity index (χ3v) is 2.18. The summed E-state index contributed by atoms with van der Waals surface area (Å²) in [6.07, 6.45) is 0. The van der Waals surface area contributed by atoms with Crippen LogP contribution in [0.1, 0.15) is 0 Å². The average Bonchev–Trinajstić information content (AvgIpc) is 2.18. The maximum absolute atomic E-state index is 5.84. The fourth-order valence-electron chi connectivity index (χ4n) is 0.963. The molecule has 5 heteroatoms. The molecule has 3 nitrogen and oxygen atoms in total. The second-order valence-corrected chi connectivity index (χ2v) is 3.39. The lowest BCUT2D eigenvalue weighted by atomic mass is 10.3. The summed E-state index contributed by atoms with van der Waals surface area (Å²) >= 11 is 10.8. The fraction of sp³-hybridized carbons (Fsp3) is 0.222. The van der Waals surface area contributed by atoms with E-state index in [0.29, 0.717) is 15.9 Å². The van der Waals surface area contributed by atoms with Crippen molar-refractivity contribution in [1.82, 2.24) is 5.32 Å². The van der Waals surface area contributed by atoms with Crippen LogP contribution in [-0.2, 0) is 0 Å². The Morgan fingerprint density at radius 1 is 1.50 bits per heavy atom. The van der Waals surface area contributed by atoms with Gasteiger partial charge in [-0.15, -0.1) is 0 Å². The van der Waals surface area contributed by atoms with Crippen LogP contribution in [-0.4, -0.2) is 19.3 Å². The smallest absolute Gasteiger partial charge is 0.170 e. The van der Waals surface area contributed by atoms with Crippen molar-refractivity contribution in [2.24, 2.45) is 0 Å². The zero-order valence-corrected chi connectivity index (χ0v) is 9.50. The number of nitrogens with one attached hydrogen (secondary N) is 2. The van der Waals surface area contributed by atoms with Crippen molar-refractivity contribution in [2.45, 2.75) is 0 Å². The van der Waals surface area contributed by atoms with E-state index in [9.17, 15) is 0 Å². The number of thiocarbonyl (C=S) groups is 1. The lowest BCUT2D eigenvalue weighted by molar-refractivity contribution is 0.417. The lowest BCUT2D eigenvalue weighted by Gasteiger charge is -2.11. The molecule has 0 radical (unpaired) electrons. The summed E-state index contributed by atoms with van der Waals surface area (Å²) in [6.45, 7) is 0. The highest BCUT2D eigenvalue weighted by Gasteiger charge is 2.04. The van der Waals surface area contributed by atoms with E-state index in [0.717, 1.165) is 5.69 Å². The van der Waals surface area contributed by atoms with Gasteiger partial charge in [0.15, 0.2) is 5.11 Å². The molecule has 0 heterocycles. The maximum atomic E-state index is 5.84. The summed E-state index contributed by atoms with van der Waals surface area (Å²) in [6, 6.07) is 5.29. The van der Waals surface area contributed by atoms with Crippen molar-refractivity contribution in [3.63, 3.8) is 0 Å². The molecule has 0 aliphatic rings. The van der Waals surface area contributed by atoms with Gasteiger partial charge in [0, 0.05) is 12.1 Å². The Labute approximate surface area is 93.4 Å². The Bertz CT molecular complexity index is 344. The van der Waals surface area contributed by atoms with E-state index in [-0.39, 0.29) is 0 Å². The minimum absolute atomic E-state index is 0.519. The van der Waals surface area contributed by atoms with Crippen molar-refractivity contribution >= 4 is 34.6 Å². The Balaban J connectivity index is 2.93. The Morgan fingerprint density at radius 2 is 2.21 bits per heavy atom. The van der Waals surface area contributed by atoms with E-state index >= 15 is 0 Å². The van der Waals surface area contributed by atoms with Crippen LogP contribution in [0.3, 0.4) is 0 Å². The van der Waals surface area contributed by atoms with Crippen LogP contribution in [0.25, 0.3) is 0 Å². The lowest BCUT2D eigenvalue weighted by Crippen LogP contribution is -2.24. The molecule has 0 saturated carbocycles. The quantitative estimate of drug-likeness (QED) is 0.764. The monoisotopic (exact) mass is 230 g/mol. The minimum Gasteiger partial charge on any atom is -0.495 e. The molecule has 0 aliphatic carbocycles. The summed E-state index contributed by atoms with van der Waals surface area (Å²) in [7, 11) is 3.34. The van der Waals surface area contributed by atoms with Crippen molar-refractivity contribution in [3.8, 4) is 5.75 Å². The zero-order valence-electron chi connectivity index (χ0n) is 7.93. The topological polar surface area (TPSA) is 33.3 Å². The highest BCUT2D eigenvalue weighted by Crippen LogP contribution is 2.27. The largest absolute Gasteiger partial charge is 0.495 e. The number of halogens is 1. The summed E-state index contributed by atoms with van der Waals surface area (Å²) in [5.74, 6) is 0.701. The maximum Gasteiger partial charge on any atom is 0.170 e. The van der Waals surface area contributed by atoms with Gasteiger partial charge in [0.1, 0.15) is 5.75 Å². The van der Waals surface area contributed by atoms with E-state index in [1.165, 1.54) is 0 Å². The van der Waals surface area contributed by atoms with Gasteiger partial charge in [0.25, 0.3) is 0 Å². The van der Waals surface area contributed by atoms with Gasteiger partial charge in [-0.05, 0) is 30.4 Å². The SMILES string of the molecule is CNC(=S)Nc1cc(Cl)ccc1OC. The molecule has 1 rings (SSSR count). The van der Waals surface area contributed by atoms with Gasteiger partial charge in [-0.1, -0.05) is 11.6 Å². The predicted octanol–water partition coefficient (Wildman–Crippen LogP) is 2.26. The first-order valence-electron chi connectivity index (χ1n) is 3.99. The number of ether oxygens (including phenoxy) is 1. The molecule has 0 aliphatic heterocycles. The predicted molar refractivity (Wildman–Crippen MR) is 63.3 cm³/mol. The van der Waals surface area contributed by atoms with Crippen LogP contribution in [0, 0.1) is 0 Å². The minimum atomic E-state index is 0.519. The van der Waals surface area contributed by atoms with Gasteiger partial charge in [0.2, 0.25) is 0 Å². The molecule has 0 saturated heterocycles. The molecule has 0 fully saturated rings. The molecule has 0 bridgehead atoms. The summed E-state index contributed by atoms with van der Waals surface area (Å²) in [4.78, 5) is 0. The van der Waals surface area contributed by atoms with Crippen LogP contribution in [0.5, 0.6) is 5.75 Å². The molecule has 14 heavy (non-hydrogen) atoms. The highest BCUT2D eigenvalue weighted by atomic mass is 35.5. The number of hydrogen-bond acceptors (Lipinski definition) is 2. The standard InChI is InChI=1S/C9H11ClN2OS/c1-11-9(14)12-7-5-6(10)3-4-8(7)13-2/h3-5H,1-2H3,(H2,11,12,14).